The molecule has 0 nitrogen and oxygen atoms in total. The summed E-state index contributed by atoms with van der Waals surface area (Å²) in [5.41, 5.74) is 2.25. The van der Waals surface area contributed by atoms with Crippen LogP contribution < -0.4 is 0 Å². The van der Waals surface area contributed by atoms with Crippen molar-refractivity contribution in [3.8, 4) is 11.1 Å². The molecule has 0 bridgehead atoms. The molecule has 0 aliphatic heterocycles. The topological polar surface area (TPSA) is 0 Å². The van der Waals surface area contributed by atoms with Gasteiger partial charge in [0, 0.05) is 10.6 Å². The number of hydrogen-bond acceptors (Lipinski definition) is 0. The van der Waals surface area contributed by atoms with Gasteiger partial charge in [-0.3, -0.25) is 0 Å². The predicted molar refractivity (Wildman–Crippen MR) is 63.6 cm³/mol. The Labute approximate surface area is 90.2 Å². The fourth-order valence-electron chi connectivity index (χ4n) is 1.31. The molecule has 0 amide bonds. The third-order valence-electron chi connectivity index (χ3n) is 1.96. The minimum Gasteiger partial charge on any atom is -0.0837 e. The van der Waals surface area contributed by atoms with Gasteiger partial charge >= 0.3 is 0 Å². The standard InChI is InChI=1S/C12H9Cl.CH4/c13-12-9-5-4-8-11(12)10-6-2-1-3-7-10;/h1-9H;1H4. The Morgan fingerprint density at radius 1 is 0.714 bits per heavy atom. The molecule has 2 aromatic rings. The average Bonchev–Trinajstić information content (AvgIpc) is 2.20. The highest BCUT2D eigenvalue weighted by molar-refractivity contribution is 6.33. The minimum atomic E-state index is 0. The minimum absolute atomic E-state index is 0. The van der Waals surface area contributed by atoms with Crippen LogP contribution in [0.5, 0.6) is 0 Å². The van der Waals surface area contributed by atoms with Crippen molar-refractivity contribution in [3.63, 3.8) is 0 Å². The number of halogens is 1. The van der Waals surface area contributed by atoms with Crippen LogP contribution in [0.4, 0.5) is 0 Å². The maximum absolute atomic E-state index is 6.06. The third-order valence-corrected chi connectivity index (χ3v) is 2.29. The summed E-state index contributed by atoms with van der Waals surface area (Å²) in [5.74, 6) is 0. The molecule has 0 saturated carbocycles. The first kappa shape index (κ1) is 10.8. The Balaban J connectivity index is 0.000000980. The van der Waals surface area contributed by atoms with Crippen LogP contribution in [-0.2, 0) is 0 Å². The number of rotatable bonds is 1. The van der Waals surface area contributed by atoms with Crippen LogP contribution in [0.15, 0.2) is 54.6 Å². The molecule has 0 unspecified atom stereocenters. The van der Waals surface area contributed by atoms with Gasteiger partial charge in [-0.2, -0.15) is 0 Å². The van der Waals surface area contributed by atoms with Crippen LogP contribution in [0.3, 0.4) is 0 Å². The van der Waals surface area contributed by atoms with E-state index in [1.165, 1.54) is 0 Å². The van der Waals surface area contributed by atoms with E-state index in [0.717, 1.165) is 16.1 Å². The van der Waals surface area contributed by atoms with Crippen LogP contribution in [-0.4, -0.2) is 0 Å². The molecule has 2 rings (SSSR count). The SMILES string of the molecule is C.Clc1ccccc1-c1ccccc1. The molecule has 0 aliphatic carbocycles. The Kier molecular flexibility index (Phi) is 3.73. The molecule has 14 heavy (non-hydrogen) atoms. The van der Waals surface area contributed by atoms with Gasteiger partial charge in [-0.05, 0) is 11.6 Å². The molecule has 0 N–H and O–H groups in total. The third kappa shape index (κ3) is 2.15. The molecule has 0 spiro atoms. The summed E-state index contributed by atoms with van der Waals surface area (Å²) < 4.78 is 0. The van der Waals surface area contributed by atoms with Crippen LogP contribution in [0.1, 0.15) is 7.43 Å². The molecule has 0 aliphatic rings. The first-order valence-electron chi connectivity index (χ1n) is 4.18. The van der Waals surface area contributed by atoms with E-state index in [9.17, 15) is 0 Å². The smallest absolute Gasteiger partial charge is 0.0484 e. The largest absolute Gasteiger partial charge is 0.0837 e. The second-order valence-corrected chi connectivity index (χ2v) is 3.25. The summed E-state index contributed by atoms with van der Waals surface area (Å²) in [6.07, 6.45) is 0. The van der Waals surface area contributed by atoms with Crippen molar-refractivity contribution in [2.75, 3.05) is 0 Å². The van der Waals surface area contributed by atoms with Gasteiger partial charge in [-0.1, -0.05) is 67.6 Å². The summed E-state index contributed by atoms with van der Waals surface area (Å²) in [5, 5.41) is 0.800. The van der Waals surface area contributed by atoms with Crippen LogP contribution in [0, 0.1) is 0 Å². The number of benzene rings is 2. The molecule has 0 fully saturated rings. The Morgan fingerprint density at radius 3 is 1.93 bits per heavy atom. The summed E-state index contributed by atoms with van der Waals surface area (Å²) in [4.78, 5) is 0. The van der Waals surface area contributed by atoms with Crippen molar-refractivity contribution >= 4 is 11.6 Å². The first-order chi connectivity index (χ1) is 6.38. The van der Waals surface area contributed by atoms with Gasteiger partial charge in [0.1, 0.15) is 0 Å². The predicted octanol–water partition coefficient (Wildman–Crippen LogP) is 4.64. The first-order valence-corrected chi connectivity index (χ1v) is 4.55. The van der Waals surface area contributed by atoms with Gasteiger partial charge in [-0.15, -0.1) is 0 Å². The zero-order valence-electron chi connectivity index (χ0n) is 7.07. The van der Waals surface area contributed by atoms with Crippen molar-refractivity contribution in [2.45, 2.75) is 7.43 Å². The Morgan fingerprint density at radius 2 is 1.29 bits per heavy atom. The molecule has 0 heterocycles. The molecule has 0 saturated heterocycles. The van der Waals surface area contributed by atoms with E-state index in [0.29, 0.717) is 0 Å². The van der Waals surface area contributed by atoms with E-state index in [-0.39, 0.29) is 7.43 Å². The fraction of sp³-hybridized carbons (Fsp3) is 0.0769. The lowest BCUT2D eigenvalue weighted by molar-refractivity contribution is 1.62. The lowest BCUT2D eigenvalue weighted by atomic mass is 10.1. The van der Waals surface area contributed by atoms with Crippen molar-refractivity contribution in [1.82, 2.24) is 0 Å². The maximum Gasteiger partial charge on any atom is 0.0484 e. The summed E-state index contributed by atoms with van der Waals surface area (Å²) in [6.45, 7) is 0. The van der Waals surface area contributed by atoms with Crippen molar-refractivity contribution < 1.29 is 0 Å². The molecule has 0 radical (unpaired) electrons. The van der Waals surface area contributed by atoms with E-state index in [4.69, 9.17) is 11.6 Å². The van der Waals surface area contributed by atoms with Gasteiger partial charge in [0.2, 0.25) is 0 Å². The van der Waals surface area contributed by atoms with Gasteiger partial charge in [0.25, 0.3) is 0 Å². The fourth-order valence-corrected chi connectivity index (χ4v) is 1.56. The van der Waals surface area contributed by atoms with E-state index in [1.54, 1.807) is 0 Å². The Bertz CT molecular complexity index is 393. The van der Waals surface area contributed by atoms with Crippen LogP contribution in [0.2, 0.25) is 5.02 Å². The lowest BCUT2D eigenvalue weighted by Crippen LogP contribution is -1.77. The second kappa shape index (κ2) is 4.83. The quantitative estimate of drug-likeness (QED) is 0.635. The molecule has 0 aromatic heterocycles. The normalized spacial score (nSPS) is 9.21. The molecular weight excluding hydrogens is 192 g/mol. The van der Waals surface area contributed by atoms with E-state index in [1.807, 2.05) is 42.5 Å². The summed E-state index contributed by atoms with van der Waals surface area (Å²) >= 11 is 6.06. The molecule has 1 heteroatoms. The molecule has 0 atom stereocenters. The maximum atomic E-state index is 6.06. The van der Waals surface area contributed by atoms with Crippen molar-refractivity contribution in [2.24, 2.45) is 0 Å². The van der Waals surface area contributed by atoms with Crippen molar-refractivity contribution in [1.29, 1.82) is 0 Å². The van der Waals surface area contributed by atoms with Gasteiger partial charge in [0.15, 0.2) is 0 Å². The zero-order chi connectivity index (χ0) is 9.10. The molecular formula is C13H13Cl. The average molecular weight is 205 g/mol. The highest BCUT2D eigenvalue weighted by atomic mass is 35.5. The zero-order valence-corrected chi connectivity index (χ0v) is 7.83. The van der Waals surface area contributed by atoms with E-state index >= 15 is 0 Å². The van der Waals surface area contributed by atoms with Crippen molar-refractivity contribution in [3.05, 3.63) is 59.6 Å². The monoisotopic (exact) mass is 204 g/mol. The lowest BCUT2D eigenvalue weighted by Gasteiger charge is -2.02. The van der Waals surface area contributed by atoms with Gasteiger partial charge < -0.3 is 0 Å². The highest BCUT2D eigenvalue weighted by Crippen LogP contribution is 2.26. The number of hydrogen-bond donors (Lipinski definition) is 0. The summed E-state index contributed by atoms with van der Waals surface area (Å²) in [7, 11) is 0. The van der Waals surface area contributed by atoms with E-state index in [2.05, 4.69) is 12.1 Å². The van der Waals surface area contributed by atoms with Gasteiger partial charge in [-0.25, -0.2) is 0 Å². The summed E-state index contributed by atoms with van der Waals surface area (Å²) in [6, 6.07) is 18.0. The Hall–Kier alpha value is -1.27. The van der Waals surface area contributed by atoms with Crippen LogP contribution >= 0.6 is 11.6 Å². The molecule has 2 aromatic carbocycles. The highest BCUT2D eigenvalue weighted by Gasteiger charge is 1.99. The molecule has 72 valence electrons. The van der Waals surface area contributed by atoms with Crippen LogP contribution in [0.25, 0.3) is 11.1 Å². The van der Waals surface area contributed by atoms with E-state index < -0.39 is 0 Å². The second-order valence-electron chi connectivity index (χ2n) is 2.85. The van der Waals surface area contributed by atoms with Gasteiger partial charge in [0.05, 0.1) is 0 Å².